The molecule has 34 heteroatoms. The van der Waals surface area contributed by atoms with Crippen molar-refractivity contribution in [1.29, 1.82) is 0 Å². The predicted molar refractivity (Wildman–Crippen MR) is 369 cm³/mol. The van der Waals surface area contributed by atoms with Gasteiger partial charge in [-0.25, -0.2) is 4.98 Å². The van der Waals surface area contributed by atoms with Gasteiger partial charge in [0, 0.05) is 43.5 Å². The van der Waals surface area contributed by atoms with Crippen LogP contribution >= 0.6 is 11.8 Å². The molecule has 2 aromatic rings. The maximum Gasteiger partial charge on any atom is 0.305 e. The first-order valence-electron chi connectivity index (χ1n) is 34.1. The number of aliphatic carboxylic acids is 2. The lowest BCUT2D eigenvalue weighted by atomic mass is 9.96. The molecule has 0 aliphatic carbocycles. The highest BCUT2D eigenvalue weighted by atomic mass is 32.2. The molecule has 2 aliphatic rings. The van der Waals surface area contributed by atoms with Crippen molar-refractivity contribution in [1.82, 2.24) is 68.5 Å². The van der Waals surface area contributed by atoms with Gasteiger partial charge in [0.05, 0.1) is 30.3 Å². The number of rotatable bonds is 31. The van der Waals surface area contributed by atoms with E-state index < -0.39 is 193 Å². The molecule has 12 amide bonds. The normalized spacial score (nSPS) is 23.1. The van der Waals surface area contributed by atoms with Gasteiger partial charge in [-0.1, -0.05) is 105 Å². The van der Waals surface area contributed by atoms with Crippen LogP contribution in [-0.4, -0.2) is 199 Å². The van der Waals surface area contributed by atoms with E-state index in [2.05, 4.69) is 73.4 Å². The number of hydrogen-bond acceptors (Lipinski definition) is 19. The Morgan fingerprint density at radius 3 is 1.85 bits per heavy atom. The Hall–Kier alpha value is -9.05. The average Bonchev–Trinajstić information content (AvgIpc) is 1.37. The molecule has 554 valence electrons. The Morgan fingerprint density at radius 1 is 0.660 bits per heavy atom. The summed E-state index contributed by atoms with van der Waals surface area (Å²) in [5.41, 5.74) is 18.7. The minimum atomic E-state index is -1.94. The van der Waals surface area contributed by atoms with Gasteiger partial charge in [0.15, 0.2) is 0 Å². The summed E-state index contributed by atoms with van der Waals surface area (Å²) in [4.78, 5) is 207. The number of carboxylic acids is 2. The van der Waals surface area contributed by atoms with Gasteiger partial charge >= 0.3 is 11.9 Å². The maximum absolute atomic E-state index is 14.9. The zero-order valence-corrected chi connectivity index (χ0v) is 59.0. The summed E-state index contributed by atoms with van der Waals surface area (Å²) >= 11 is 1.35. The van der Waals surface area contributed by atoms with E-state index >= 15 is 0 Å². The molecule has 4 rings (SSSR count). The van der Waals surface area contributed by atoms with Gasteiger partial charge in [0.1, 0.15) is 66.5 Å². The second-order valence-corrected chi connectivity index (χ2v) is 27.0. The Labute approximate surface area is 586 Å². The van der Waals surface area contributed by atoms with Crippen molar-refractivity contribution in [3.63, 3.8) is 0 Å². The third-order valence-electron chi connectivity index (χ3n) is 17.5. The summed E-state index contributed by atoms with van der Waals surface area (Å²) < 4.78 is 0. The number of nitrogens with one attached hydrogen (secondary N) is 12. The number of aliphatic imine (C=N–C) groups is 1. The number of H-pyrrole nitrogens is 1. The van der Waals surface area contributed by atoms with Crippen molar-refractivity contribution >= 4 is 99.6 Å². The van der Waals surface area contributed by atoms with E-state index in [1.807, 2.05) is 27.7 Å². The molecule has 15 atom stereocenters. The number of aromatic nitrogens is 2. The summed E-state index contributed by atoms with van der Waals surface area (Å²) in [6.45, 7) is 14.1. The molecule has 1 saturated heterocycles. The molecule has 0 radical (unpaired) electrons. The molecule has 100 heavy (non-hydrogen) atoms. The lowest BCUT2D eigenvalue weighted by molar-refractivity contribution is -0.142. The van der Waals surface area contributed by atoms with Crippen molar-refractivity contribution in [2.75, 3.05) is 18.8 Å². The Balaban J connectivity index is 1.77. The van der Waals surface area contributed by atoms with E-state index in [0.29, 0.717) is 16.3 Å². The van der Waals surface area contributed by atoms with Gasteiger partial charge in [-0.2, -0.15) is 0 Å². The highest BCUT2D eigenvalue weighted by Crippen LogP contribution is 2.25. The fourth-order valence-corrected chi connectivity index (χ4v) is 12.0. The van der Waals surface area contributed by atoms with E-state index in [1.165, 1.54) is 24.3 Å². The molecule has 20 N–H and O–H groups in total. The lowest BCUT2D eigenvalue weighted by Crippen LogP contribution is -2.62. The third kappa shape index (κ3) is 27.6. The van der Waals surface area contributed by atoms with Crippen molar-refractivity contribution < 1.29 is 77.3 Å². The van der Waals surface area contributed by atoms with Gasteiger partial charge in [-0.15, -0.1) is 11.8 Å². The first-order valence-corrected chi connectivity index (χ1v) is 35.1. The number of thioether (sulfide) groups is 1. The van der Waals surface area contributed by atoms with E-state index in [1.54, 1.807) is 58.0 Å². The molecule has 1 fully saturated rings. The zero-order valence-electron chi connectivity index (χ0n) is 58.2. The Bertz CT molecular complexity index is 3160. The van der Waals surface area contributed by atoms with Crippen LogP contribution in [0, 0.1) is 23.7 Å². The van der Waals surface area contributed by atoms with Gasteiger partial charge in [0.25, 0.3) is 0 Å². The number of carbonyl (C=O) groups excluding carboxylic acids is 12. The highest BCUT2D eigenvalue weighted by molar-refractivity contribution is 8.14. The first kappa shape index (κ1) is 83.4. The third-order valence-corrected chi connectivity index (χ3v) is 18.6. The van der Waals surface area contributed by atoms with Crippen LogP contribution < -0.4 is 75.7 Å². The van der Waals surface area contributed by atoms with Crippen LogP contribution in [0.5, 0.6) is 0 Å². The Morgan fingerprint density at radius 2 is 1.26 bits per heavy atom. The van der Waals surface area contributed by atoms with Crippen LogP contribution in [0.15, 0.2) is 47.8 Å². The molecular formula is C66H103N17O16S. The molecule has 3 heterocycles. The van der Waals surface area contributed by atoms with Crippen molar-refractivity contribution in [2.24, 2.45) is 45.9 Å². The number of nitrogens with zero attached hydrogens (tertiary/aromatic N) is 2. The van der Waals surface area contributed by atoms with Crippen LogP contribution in [0.3, 0.4) is 0 Å². The number of benzene rings is 1. The predicted octanol–water partition coefficient (Wildman–Crippen LogP) is -1.68. The number of nitrogens with two attached hydrogens (primary N) is 3. The van der Waals surface area contributed by atoms with Crippen molar-refractivity contribution in [3.05, 3.63) is 54.1 Å². The second-order valence-electron chi connectivity index (χ2n) is 26.0. The van der Waals surface area contributed by atoms with Crippen LogP contribution in [-0.2, 0) is 80.0 Å². The van der Waals surface area contributed by atoms with Crippen LogP contribution in [0.25, 0.3) is 0 Å². The number of amides is 12. The Kier molecular flexibility index (Phi) is 35.1. The molecule has 0 spiro atoms. The highest BCUT2D eigenvalue weighted by Gasteiger charge is 2.40. The standard InChI is InChI=1S/C66H103N17O16S/c1-9-35(6)52(69)66-81-48(32-100-66)63(97)76-43(26-34(4)5)59(93)74-42(22-23-50(85)86)58(92)83-53(36(7)10-2)64(98)75-40-20-15-16-25-71-55(89)46(29-49(68)84)78-62(96)47(30-51(87)88)79-61(95)45(28-39-31-70-33-72-39)77-60(94)44(27-38-18-13-12-14-19-38)80-65(99)54(37(8)11-3)82-57(91)41(21-17-24-67)73-56(40)90/h12-14,18-19,31,33-37,40-48,52-54H,9-11,15-17,20-30,32,67,69H2,1-8H3,(H2,68,84)(H,70,72)(H,71,89)(H,73,90)(H,74,93)(H,75,98)(H,76,97)(H,77,94)(H,78,96)(H,79,95)(H,80,99)(H,82,91)(H,83,92)(H,85,86)(H,87,88)/t35-,36-,37-,40+,41+,42+,43-,44+,45-,46-,47-,48-,52-,53-,54-/m0/s1. The summed E-state index contributed by atoms with van der Waals surface area (Å²) in [6, 6.07) is -8.34. The summed E-state index contributed by atoms with van der Waals surface area (Å²) in [6.07, 6.45) is 0.368. The van der Waals surface area contributed by atoms with Crippen molar-refractivity contribution in [2.45, 2.75) is 224 Å². The summed E-state index contributed by atoms with van der Waals surface area (Å²) in [5, 5.41) is 49.1. The molecule has 1 aromatic carbocycles. The summed E-state index contributed by atoms with van der Waals surface area (Å²) in [7, 11) is 0. The van der Waals surface area contributed by atoms with Gasteiger partial charge in [-0.05, 0) is 80.7 Å². The molecular weight excluding hydrogens is 1320 g/mol. The van der Waals surface area contributed by atoms with Crippen LogP contribution in [0.1, 0.15) is 150 Å². The fraction of sp³-hybridized carbons (Fsp3) is 0.636. The van der Waals surface area contributed by atoms with E-state index in [-0.39, 0.29) is 94.9 Å². The lowest BCUT2D eigenvalue weighted by Gasteiger charge is -2.30. The zero-order chi connectivity index (χ0) is 74.3. The topological polar surface area (TPSA) is 531 Å². The van der Waals surface area contributed by atoms with Crippen molar-refractivity contribution in [3.8, 4) is 0 Å². The van der Waals surface area contributed by atoms with Crippen LogP contribution in [0.2, 0.25) is 0 Å². The minimum absolute atomic E-state index is 0.00117. The molecule has 0 bridgehead atoms. The number of carbonyl (C=O) groups is 14. The molecule has 0 unspecified atom stereocenters. The molecule has 0 saturated carbocycles. The largest absolute Gasteiger partial charge is 0.481 e. The fourth-order valence-electron chi connectivity index (χ4n) is 10.9. The second kappa shape index (κ2) is 42.1. The minimum Gasteiger partial charge on any atom is -0.481 e. The maximum atomic E-state index is 14.9. The molecule has 1 aromatic heterocycles. The number of hydrogen-bond donors (Lipinski definition) is 17. The summed E-state index contributed by atoms with van der Waals surface area (Å²) in [5.74, 6) is -15.4. The number of aromatic amines is 1. The van der Waals surface area contributed by atoms with Gasteiger partial charge in [0.2, 0.25) is 70.9 Å². The molecule has 2 aliphatic heterocycles. The number of primary amides is 1. The van der Waals surface area contributed by atoms with Crippen LogP contribution in [0.4, 0.5) is 0 Å². The number of imidazole rings is 1. The van der Waals surface area contributed by atoms with E-state index in [4.69, 9.17) is 17.2 Å². The van der Waals surface area contributed by atoms with Gasteiger partial charge < -0.3 is 90.9 Å². The van der Waals surface area contributed by atoms with Gasteiger partial charge in [-0.3, -0.25) is 72.1 Å². The first-order chi connectivity index (χ1) is 47.4. The monoisotopic (exact) mass is 1420 g/mol. The quantitative estimate of drug-likeness (QED) is 0.0401. The average molecular weight is 1420 g/mol. The smallest absolute Gasteiger partial charge is 0.305 e. The van der Waals surface area contributed by atoms with E-state index in [9.17, 15) is 77.3 Å². The molecule has 33 nitrogen and oxygen atoms in total. The van der Waals surface area contributed by atoms with E-state index in [0.717, 1.165) is 6.42 Å². The number of carboxylic acid groups (broad SMARTS) is 2. The SMILES string of the molecule is CC[C@H](C)[C@H](N)C1=N[C@H](C(=O)N[C@@H](CC(C)C)C(=O)N[C@H](CCC(=O)O)C(=O)N[C@H](C(=O)N[C@@H]2CCCCNC(=O)[C@H](CC(N)=O)NC(=O)[C@H](CC(=O)O)NC(=O)[C@H](Cc3cnc[nH]3)NC(=O)[C@@H](Cc3ccccc3)NC(=O)[C@H]([C@@H](C)CC)NC(=O)[C@@H](CCCN)NC2=O)[C@@H](C)CC)CS1.